The van der Waals surface area contributed by atoms with Crippen LogP contribution in [0.4, 0.5) is 0 Å². The van der Waals surface area contributed by atoms with Crippen molar-refractivity contribution in [1.82, 2.24) is 9.99 Å². The van der Waals surface area contributed by atoms with Gasteiger partial charge in [0.2, 0.25) is 0 Å². The van der Waals surface area contributed by atoms with Crippen LogP contribution in [0.2, 0.25) is 0 Å². The molecule has 0 saturated heterocycles. The molecule has 0 aliphatic rings. The summed E-state index contributed by atoms with van der Waals surface area (Å²) in [4.78, 5) is 12.8. The molecule has 1 amide bonds. The summed E-state index contributed by atoms with van der Waals surface area (Å²) in [7, 11) is 0. The predicted molar refractivity (Wildman–Crippen MR) is 146 cm³/mol. The minimum Gasteiger partial charge on any atom is -0.493 e. The monoisotopic (exact) mass is 473 g/mol. The molecule has 4 aromatic carbocycles. The molecule has 0 aliphatic heterocycles. The van der Waals surface area contributed by atoms with Gasteiger partial charge < -0.3 is 9.30 Å². The Balaban J connectivity index is 1.36. The molecular formula is C31H27N3O2. The molecule has 5 aromatic rings. The van der Waals surface area contributed by atoms with Gasteiger partial charge in [-0.05, 0) is 72.6 Å². The fourth-order valence-electron chi connectivity index (χ4n) is 4.39. The van der Waals surface area contributed by atoms with Crippen LogP contribution in [0.5, 0.6) is 5.75 Å². The van der Waals surface area contributed by atoms with Crippen molar-refractivity contribution in [3.63, 3.8) is 0 Å². The maximum Gasteiger partial charge on any atom is 0.271 e. The van der Waals surface area contributed by atoms with E-state index in [0.29, 0.717) is 12.2 Å². The molecule has 0 atom stereocenters. The molecule has 0 fully saturated rings. The van der Waals surface area contributed by atoms with E-state index in [1.165, 1.54) is 0 Å². The molecule has 0 unspecified atom stereocenters. The van der Waals surface area contributed by atoms with Crippen molar-refractivity contribution in [2.45, 2.75) is 13.8 Å². The van der Waals surface area contributed by atoms with Crippen LogP contribution >= 0.6 is 0 Å². The second-order valence-electron chi connectivity index (χ2n) is 8.44. The average Bonchev–Trinajstić information content (AvgIpc) is 3.31. The van der Waals surface area contributed by atoms with Crippen molar-refractivity contribution in [3.8, 4) is 22.7 Å². The molecule has 0 spiro atoms. The molecule has 0 saturated carbocycles. The molecule has 0 aliphatic carbocycles. The van der Waals surface area contributed by atoms with E-state index in [1.807, 2.05) is 85.8 Å². The van der Waals surface area contributed by atoms with Crippen molar-refractivity contribution >= 4 is 22.9 Å². The third-order valence-corrected chi connectivity index (χ3v) is 6.12. The van der Waals surface area contributed by atoms with Gasteiger partial charge in [0.15, 0.2) is 0 Å². The van der Waals surface area contributed by atoms with E-state index in [1.54, 1.807) is 6.21 Å². The SMILES string of the molecule is CCOc1ccc2ccccc2c1/C=N/NC(=O)c1ccc(-n2c(C)ccc2-c2ccccc2)cc1. The number of carbonyl (C=O) groups is 1. The first kappa shape index (κ1) is 23.1. The summed E-state index contributed by atoms with van der Waals surface area (Å²) in [6, 6.07) is 34.0. The zero-order valence-corrected chi connectivity index (χ0v) is 20.3. The lowest BCUT2D eigenvalue weighted by Crippen LogP contribution is -2.17. The number of hydrogen-bond donors (Lipinski definition) is 1. The fourth-order valence-corrected chi connectivity index (χ4v) is 4.39. The van der Waals surface area contributed by atoms with Crippen molar-refractivity contribution in [2.75, 3.05) is 6.61 Å². The third-order valence-electron chi connectivity index (χ3n) is 6.12. The number of benzene rings is 4. The van der Waals surface area contributed by atoms with Gasteiger partial charge in [-0.2, -0.15) is 5.10 Å². The Hall–Kier alpha value is -4.64. The summed E-state index contributed by atoms with van der Waals surface area (Å²) < 4.78 is 7.97. The number of hydrogen-bond acceptors (Lipinski definition) is 3. The third kappa shape index (κ3) is 4.64. The van der Waals surface area contributed by atoms with Crippen LogP contribution in [0.15, 0.2) is 108 Å². The fraction of sp³-hybridized carbons (Fsp3) is 0.0968. The first-order chi connectivity index (χ1) is 17.7. The summed E-state index contributed by atoms with van der Waals surface area (Å²) in [5.41, 5.74) is 8.38. The van der Waals surface area contributed by atoms with Crippen LogP contribution in [0.25, 0.3) is 27.7 Å². The number of carbonyl (C=O) groups excluding carboxylic acids is 1. The first-order valence-corrected chi connectivity index (χ1v) is 12.0. The highest BCUT2D eigenvalue weighted by atomic mass is 16.5. The van der Waals surface area contributed by atoms with Crippen LogP contribution in [-0.2, 0) is 0 Å². The van der Waals surface area contributed by atoms with E-state index >= 15 is 0 Å². The highest BCUT2D eigenvalue weighted by Crippen LogP contribution is 2.28. The molecule has 36 heavy (non-hydrogen) atoms. The van der Waals surface area contributed by atoms with E-state index in [2.05, 4.69) is 46.3 Å². The maximum atomic E-state index is 12.8. The first-order valence-electron chi connectivity index (χ1n) is 12.0. The Morgan fingerprint density at radius 2 is 1.64 bits per heavy atom. The maximum absolute atomic E-state index is 12.8. The lowest BCUT2D eigenvalue weighted by molar-refractivity contribution is 0.0955. The van der Waals surface area contributed by atoms with Crippen molar-refractivity contribution in [2.24, 2.45) is 5.10 Å². The normalized spacial score (nSPS) is 11.2. The zero-order valence-electron chi connectivity index (χ0n) is 20.3. The highest BCUT2D eigenvalue weighted by Gasteiger charge is 2.11. The van der Waals surface area contributed by atoms with Gasteiger partial charge in [-0.25, -0.2) is 5.43 Å². The van der Waals surface area contributed by atoms with E-state index in [0.717, 1.165) is 44.7 Å². The number of rotatable bonds is 7. The average molecular weight is 474 g/mol. The number of hydrazone groups is 1. The number of aromatic nitrogens is 1. The van der Waals surface area contributed by atoms with Crippen LogP contribution in [0.3, 0.4) is 0 Å². The lowest BCUT2D eigenvalue weighted by atomic mass is 10.0. The Bertz CT molecular complexity index is 1530. The van der Waals surface area contributed by atoms with Gasteiger partial charge in [0.05, 0.1) is 18.5 Å². The summed E-state index contributed by atoms with van der Waals surface area (Å²) >= 11 is 0. The van der Waals surface area contributed by atoms with Gasteiger partial charge in [-0.1, -0.05) is 60.7 Å². The van der Waals surface area contributed by atoms with Gasteiger partial charge in [0, 0.05) is 22.5 Å². The Morgan fingerprint density at radius 3 is 2.42 bits per heavy atom. The molecule has 1 heterocycles. The molecule has 0 bridgehead atoms. The summed E-state index contributed by atoms with van der Waals surface area (Å²) in [6.07, 6.45) is 1.65. The van der Waals surface area contributed by atoms with Gasteiger partial charge in [-0.3, -0.25) is 4.79 Å². The van der Waals surface area contributed by atoms with E-state index in [-0.39, 0.29) is 5.91 Å². The lowest BCUT2D eigenvalue weighted by Gasteiger charge is -2.13. The molecular weight excluding hydrogens is 446 g/mol. The largest absolute Gasteiger partial charge is 0.493 e. The Kier molecular flexibility index (Phi) is 6.63. The van der Waals surface area contributed by atoms with Crippen LogP contribution in [0, 0.1) is 6.92 Å². The molecule has 5 nitrogen and oxygen atoms in total. The predicted octanol–water partition coefficient (Wildman–Crippen LogP) is 6.77. The van der Waals surface area contributed by atoms with Gasteiger partial charge in [0.25, 0.3) is 5.91 Å². The number of aryl methyl sites for hydroxylation is 1. The second kappa shape index (κ2) is 10.3. The molecule has 178 valence electrons. The topological polar surface area (TPSA) is 55.6 Å². The molecule has 1 N–H and O–H groups in total. The minimum atomic E-state index is -0.275. The molecule has 5 heteroatoms. The van der Waals surface area contributed by atoms with Gasteiger partial charge >= 0.3 is 0 Å². The summed E-state index contributed by atoms with van der Waals surface area (Å²) in [5, 5.41) is 6.34. The van der Waals surface area contributed by atoms with Crippen molar-refractivity contribution in [1.29, 1.82) is 0 Å². The molecule has 0 radical (unpaired) electrons. The van der Waals surface area contributed by atoms with Crippen molar-refractivity contribution < 1.29 is 9.53 Å². The Morgan fingerprint density at radius 1 is 0.889 bits per heavy atom. The summed E-state index contributed by atoms with van der Waals surface area (Å²) in [5.74, 6) is 0.457. The minimum absolute atomic E-state index is 0.275. The highest BCUT2D eigenvalue weighted by molar-refractivity contribution is 6.03. The van der Waals surface area contributed by atoms with Crippen LogP contribution in [-0.4, -0.2) is 23.3 Å². The zero-order chi connectivity index (χ0) is 24.9. The van der Waals surface area contributed by atoms with Gasteiger partial charge in [0.1, 0.15) is 5.75 Å². The Labute approximate surface area is 210 Å². The molecule has 1 aromatic heterocycles. The van der Waals surface area contributed by atoms with Crippen molar-refractivity contribution in [3.05, 3.63) is 120 Å². The van der Waals surface area contributed by atoms with E-state index in [9.17, 15) is 4.79 Å². The van der Waals surface area contributed by atoms with Crippen LogP contribution in [0.1, 0.15) is 28.5 Å². The summed E-state index contributed by atoms with van der Waals surface area (Å²) in [6.45, 7) is 4.57. The van der Waals surface area contributed by atoms with Crippen LogP contribution < -0.4 is 10.2 Å². The van der Waals surface area contributed by atoms with Gasteiger partial charge in [-0.15, -0.1) is 0 Å². The standard InChI is InChI=1S/C31H27N3O2/c1-3-36-30-20-16-23-9-7-8-12-27(23)28(30)21-32-33-31(35)25-14-17-26(18-15-25)34-22(2)13-19-29(34)24-10-5-4-6-11-24/h4-21H,3H2,1-2H3,(H,33,35)/b32-21+. The van der Waals surface area contributed by atoms with E-state index < -0.39 is 0 Å². The second-order valence-corrected chi connectivity index (χ2v) is 8.44. The molecule has 5 rings (SSSR count). The number of amides is 1. The number of nitrogens with zero attached hydrogens (tertiary/aromatic N) is 2. The number of nitrogens with one attached hydrogen (secondary N) is 1. The number of ether oxygens (including phenoxy) is 1. The van der Waals surface area contributed by atoms with E-state index in [4.69, 9.17) is 4.74 Å². The smallest absolute Gasteiger partial charge is 0.271 e. The number of fused-ring (bicyclic) bond motifs is 1. The quantitative estimate of drug-likeness (QED) is 0.209.